The molecular formula is C36H43ClN2O6S. The van der Waals surface area contributed by atoms with Crippen LogP contribution in [0.2, 0.25) is 5.02 Å². The maximum atomic E-state index is 13.4. The molecule has 2 bridgehead atoms. The van der Waals surface area contributed by atoms with Gasteiger partial charge in [-0.05, 0) is 105 Å². The number of aryl methyl sites for hydroxylation is 1. The molecule has 1 spiro atoms. The Morgan fingerprint density at radius 2 is 2.00 bits per heavy atom. The Morgan fingerprint density at radius 3 is 2.76 bits per heavy atom. The fourth-order valence-electron chi connectivity index (χ4n) is 7.66. The molecule has 246 valence electrons. The number of benzene rings is 2. The minimum atomic E-state index is -4.00. The van der Waals surface area contributed by atoms with Gasteiger partial charge in [0.05, 0.1) is 24.2 Å². The summed E-state index contributed by atoms with van der Waals surface area (Å²) in [6.07, 6.45) is 8.70. The number of aliphatic hydroxyl groups is 2. The highest BCUT2D eigenvalue weighted by atomic mass is 35.5. The summed E-state index contributed by atoms with van der Waals surface area (Å²) in [5.41, 5.74) is 1.65. The van der Waals surface area contributed by atoms with Gasteiger partial charge in [0.2, 0.25) is 10.0 Å². The number of halogens is 1. The third kappa shape index (κ3) is 6.29. The highest BCUT2D eigenvalue weighted by Crippen LogP contribution is 2.48. The Labute approximate surface area is 277 Å². The monoisotopic (exact) mass is 666 g/mol. The van der Waals surface area contributed by atoms with Crippen molar-refractivity contribution in [1.29, 1.82) is 0 Å². The summed E-state index contributed by atoms with van der Waals surface area (Å²) in [5.74, 6) is 5.58. The third-order valence-electron chi connectivity index (χ3n) is 10.7. The molecule has 0 unspecified atom stereocenters. The van der Waals surface area contributed by atoms with E-state index in [0.29, 0.717) is 36.9 Å². The average molecular weight is 667 g/mol. The van der Waals surface area contributed by atoms with Crippen molar-refractivity contribution in [2.24, 2.45) is 17.8 Å². The van der Waals surface area contributed by atoms with Crippen LogP contribution in [-0.2, 0) is 21.9 Å². The number of fused-ring (bicyclic) bond motifs is 4. The van der Waals surface area contributed by atoms with Crippen LogP contribution in [0.25, 0.3) is 0 Å². The summed E-state index contributed by atoms with van der Waals surface area (Å²) >= 11 is 6.41. The van der Waals surface area contributed by atoms with E-state index in [2.05, 4.69) is 27.5 Å². The van der Waals surface area contributed by atoms with E-state index in [1.54, 1.807) is 31.2 Å². The van der Waals surface area contributed by atoms with Gasteiger partial charge in [-0.3, -0.25) is 4.79 Å². The average Bonchev–Trinajstić information content (AvgIpc) is 3.15. The molecule has 8 nitrogen and oxygen atoms in total. The lowest BCUT2D eigenvalue weighted by Crippen LogP contribution is -2.52. The SMILES string of the molecule is C[C@@H]1[C@@H](C)C/C=C/[C@@](O)(C#CCCO)[C@@H]2CC[C@H]2CN2C[C@@]3(CCCc4cc(Cl)ccc43)COc3ccc(cc32)C(=O)NS1(=O)=O. The van der Waals surface area contributed by atoms with Crippen molar-refractivity contribution >= 4 is 33.2 Å². The maximum absolute atomic E-state index is 13.4. The largest absolute Gasteiger partial charge is 0.490 e. The van der Waals surface area contributed by atoms with Crippen LogP contribution in [0.15, 0.2) is 48.6 Å². The Balaban J connectivity index is 1.45. The first kappa shape index (κ1) is 32.9. The molecule has 3 N–H and O–H groups in total. The second kappa shape index (κ2) is 12.9. The van der Waals surface area contributed by atoms with Gasteiger partial charge in [-0.25, -0.2) is 13.1 Å². The van der Waals surface area contributed by atoms with Gasteiger partial charge in [-0.15, -0.1) is 0 Å². The van der Waals surface area contributed by atoms with Crippen molar-refractivity contribution < 1.29 is 28.2 Å². The topological polar surface area (TPSA) is 116 Å². The number of ether oxygens (including phenoxy) is 1. The van der Waals surface area contributed by atoms with E-state index in [4.69, 9.17) is 16.3 Å². The number of aliphatic hydroxyl groups excluding tert-OH is 1. The number of amides is 1. The molecule has 1 amide bonds. The van der Waals surface area contributed by atoms with Crippen molar-refractivity contribution in [3.63, 3.8) is 0 Å². The van der Waals surface area contributed by atoms with Gasteiger partial charge in [-0.2, -0.15) is 0 Å². The van der Waals surface area contributed by atoms with Crippen LogP contribution in [0.1, 0.15) is 73.9 Å². The second-order valence-electron chi connectivity index (χ2n) is 13.6. The minimum Gasteiger partial charge on any atom is -0.490 e. The van der Waals surface area contributed by atoms with Crippen LogP contribution in [-0.4, -0.2) is 61.7 Å². The number of nitrogens with one attached hydrogen (secondary N) is 1. The van der Waals surface area contributed by atoms with Crippen LogP contribution in [0.5, 0.6) is 5.75 Å². The predicted molar refractivity (Wildman–Crippen MR) is 180 cm³/mol. The first-order valence-electron chi connectivity index (χ1n) is 16.3. The van der Waals surface area contributed by atoms with Gasteiger partial charge < -0.3 is 19.8 Å². The lowest BCUT2D eigenvalue weighted by molar-refractivity contribution is -0.00326. The number of hydrogen-bond donors (Lipinski definition) is 3. The van der Waals surface area contributed by atoms with Crippen molar-refractivity contribution in [2.45, 2.75) is 75.1 Å². The molecule has 4 aliphatic rings. The number of anilines is 1. The Kier molecular flexibility index (Phi) is 9.21. The number of hydrogen-bond acceptors (Lipinski definition) is 7. The van der Waals surface area contributed by atoms with E-state index in [9.17, 15) is 23.4 Å². The normalized spacial score (nSPS) is 32.7. The summed E-state index contributed by atoms with van der Waals surface area (Å²) in [4.78, 5) is 15.7. The number of nitrogens with zero attached hydrogens (tertiary/aromatic N) is 1. The number of allylic oxidation sites excluding steroid dienone is 1. The fraction of sp³-hybridized carbons (Fsp3) is 0.528. The Morgan fingerprint density at radius 1 is 1.17 bits per heavy atom. The van der Waals surface area contributed by atoms with Gasteiger partial charge >= 0.3 is 0 Å². The Bertz CT molecular complexity index is 1700. The molecule has 10 heteroatoms. The van der Waals surface area contributed by atoms with E-state index in [-0.39, 0.29) is 41.8 Å². The summed E-state index contributed by atoms with van der Waals surface area (Å²) in [5, 5.41) is 21.3. The summed E-state index contributed by atoms with van der Waals surface area (Å²) in [6.45, 7) is 4.98. The van der Waals surface area contributed by atoms with Gasteiger partial charge in [0.15, 0.2) is 0 Å². The zero-order valence-corrected chi connectivity index (χ0v) is 28.0. The van der Waals surface area contributed by atoms with Crippen LogP contribution in [0.3, 0.4) is 0 Å². The van der Waals surface area contributed by atoms with Crippen molar-refractivity contribution in [1.82, 2.24) is 4.72 Å². The first-order chi connectivity index (χ1) is 21.9. The standard InChI is InChI=1S/C36H43ClN2O6S/c1-24-7-5-17-36(42,16-3-4-18-40)31-12-9-28(31)21-39-22-35(15-6-8-26-19-29(37)11-13-30(26)35)23-45-33-14-10-27(20-32(33)39)34(41)38-46(43,44)25(24)2/h5,10-11,13-14,17,19-20,24-25,28,31,40,42H,4,6-9,12,15,18,21-23H2,1-2H3,(H,38,41)/b17-5+/t24-,25+,28-,31+,35-,36-/m0/s1. The van der Waals surface area contributed by atoms with Crippen LogP contribution < -0.4 is 14.4 Å². The molecule has 2 aromatic carbocycles. The van der Waals surface area contributed by atoms with Gasteiger partial charge in [0, 0.05) is 41.4 Å². The van der Waals surface area contributed by atoms with E-state index in [0.717, 1.165) is 37.8 Å². The van der Waals surface area contributed by atoms with Gasteiger partial charge in [0.1, 0.15) is 11.4 Å². The summed E-state index contributed by atoms with van der Waals surface area (Å²) in [7, 11) is -4.00. The van der Waals surface area contributed by atoms with E-state index in [1.807, 2.05) is 25.1 Å². The van der Waals surface area contributed by atoms with Crippen LogP contribution in [0.4, 0.5) is 5.69 Å². The quantitative estimate of drug-likeness (QED) is 0.290. The lowest BCUT2D eigenvalue weighted by atomic mass is 9.64. The zero-order chi connectivity index (χ0) is 32.7. The molecule has 2 aromatic rings. The molecule has 6 rings (SSSR count). The summed E-state index contributed by atoms with van der Waals surface area (Å²) in [6, 6.07) is 11.2. The van der Waals surface area contributed by atoms with Crippen LogP contribution in [0, 0.1) is 29.6 Å². The van der Waals surface area contributed by atoms with Crippen LogP contribution >= 0.6 is 11.6 Å². The van der Waals surface area contributed by atoms with E-state index < -0.39 is 26.8 Å². The van der Waals surface area contributed by atoms with Crippen molar-refractivity contribution in [3.8, 4) is 17.6 Å². The van der Waals surface area contributed by atoms with E-state index in [1.165, 1.54) is 11.1 Å². The fourth-order valence-corrected chi connectivity index (χ4v) is 9.14. The highest BCUT2D eigenvalue weighted by molar-refractivity contribution is 7.90. The molecule has 46 heavy (non-hydrogen) atoms. The van der Waals surface area contributed by atoms with Gasteiger partial charge in [0.25, 0.3) is 5.91 Å². The smallest absolute Gasteiger partial charge is 0.264 e. The minimum absolute atomic E-state index is 0.0940. The molecule has 1 saturated carbocycles. The molecule has 0 radical (unpaired) electrons. The molecule has 2 heterocycles. The van der Waals surface area contributed by atoms with Crippen molar-refractivity contribution in [3.05, 3.63) is 70.3 Å². The maximum Gasteiger partial charge on any atom is 0.264 e. The second-order valence-corrected chi connectivity index (χ2v) is 16.1. The molecule has 0 saturated heterocycles. The Hall–Kier alpha value is -3.03. The third-order valence-corrected chi connectivity index (χ3v) is 12.8. The molecule has 6 atom stereocenters. The number of carbonyl (C=O) groups excluding carboxylic acids is 1. The molecule has 1 fully saturated rings. The first-order valence-corrected chi connectivity index (χ1v) is 18.2. The summed E-state index contributed by atoms with van der Waals surface area (Å²) < 4.78 is 35.5. The van der Waals surface area contributed by atoms with E-state index >= 15 is 0 Å². The molecule has 2 aliphatic heterocycles. The number of sulfonamides is 1. The lowest BCUT2D eigenvalue weighted by Gasteiger charge is -2.47. The van der Waals surface area contributed by atoms with Crippen molar-refractivity contribution in [2.75, 3.05) is 31.2 Å². The number of carbonyl (C=O) groups is 1. The van der Waals surface area contributed by atoms with Gasteiger partial charge in [-0.1, -0.05) is 42.5 Å². The number of rotatable bonds is 1. The molecule has 0 aromatic heterocycles. The molecule has 2 aliphatic carbocycles. The predicted octanol–water partition coefficient (Wildman–Crippen LogP) is 5.00. The highest BCUT2D eigenvalue weighted by Gasteiger charge is 2.47. The molecular weight excluding hydrogens is 624 g/mol. The zero-order valence-electron chi connectivity index (χ0n) is 26.5.